The average molecular weight is 402 g/mol. The van der Waals surface area contributed by atoms with Gasteiger partial charge in [0.1, 0.15) is 6.04 Å². The van der Waals surface area contributed by atoms with Crippen LogP contribution in [0.4, 0.5) is 9.39 Å². The summed E-state index contributed by atoms with van der Waals surface area (Å²) in [5.74, 6) is -2.42. The van der Waals surface area contributed by atoms with Crippen LogP contribution < -0.4 is 10.6 Å². The smallest absolute Gasteiger partial charge is 0.341 e. The van der Waals surface area contributed by atoms with Gasteiger partial charge in [0.2, 0.25) is 0 Å². The first kappa shape index (κ1) is 22.9. The van der Waals surface area contributed by atoms with Crippen molar-refractivity contribution in [3.8, 4) is 0 Å². The second-order valence-electron chi connectivity index (χ2n) is 6.57. The van der Waals surface area contributed by atoms with E-state index in [1.807, 2.05) is 6.92 Å². The number of amides is 1. The third-order valence-electron chi connectivity index (χ3n) is 3.36. The number of carbonyl (C=O) groups is 3. The van der Waals surface area contributed by atoms with Crippen LogP contribution in [0.25, 0.3) is 0 Å². The van der Waals surface area contributed by atoms with E-state index in [4.69, 9.17) is 9.47 Å². The molecular formula is C18H27FN2O5S. The minimum atomic E-state index is -2.06. The molecule has 2 N–H and O–H groups in total. The van der Waals surface area contributed by atoms with Gasteiger partial charge in [0.25, 0.3) is 5.91 Å². The molecule has 0 unspecified atom stereocenters. The Morgan fingerprint density at radius 1 is 1.11 bits per heavy atom. The molecule has 0 bridgehead atoms. The zero-order chi connectivity index (χ0) is 20.7. The van der Waals surface area contributed by atoms with E-state index in [0.717, 1.165) is 10.6 Å². The lowest BCUT2D eigenvalue weighted by Gasteiger charge is -2.20. The zero-order valence-corrected chi connectivity index (χ0v) is 17.2. The normalized spacial score (nSPS) is 13.2. The topological polar surface area (TPSA) is 93.7 Å². The van der Waals surface area contributed by atoms with Gasteiger partial charge >= 0.3 is 11.9 Å². The molecule has 9 heteroatoms. The quantitative estimate of drug-likeness (QED) is 0.617. The highest BCUT2D eigenvalue weighted by molar-refractivity contribution is 7.18. The Kier molecular flexibility index (Phi) is 8.68. The van der Waals surface area contributed by atoms with Gasteiger partial charge in [-0.2, -0.15) is 0 Å². The first-order chi connectivity index (χ1) is 12.5. The average Bonchev–Trinajstić information content (AvgIpc) is 2.93. The summed E-state index contributed by atoms with van der Waals surface area (Å²) in [5, 5.41) is 6.24. The van der Waals surface area contributed by atoms with E-state index in [-0.39, 0.29) is 0 Å². The molecule has 2 atom stereocenters. The highest BCUT2D eigenvalue weighted by Crippen LogP contribution is 2.27. The molecule has 152 valence electrons. The van der Waals surface area contributed by atoms with Crippen molar-refractivity contribution in [3.05, 3.63) is 16.5 Å². The van der Waals surface area contributed by atoms with E-state index in [1.54, 1.807) is 40.8 Å². The molecule has 0 saturated carbocycles. The van der Waals surface area contributed by atoms with Gasteiger partial charge in [0, 0.05) is 13.5 Å². The van der Waals surface area contributed by atoms with Crippen LogP contribution in [0.2, 0.25) is 0 Å². The van der Waals surface area contributed by atoms with Crippen LogP contribution in [0.3, 0.4) is 0 Å². The summed E-state index contributed by atoms with van der Waals surface area (Å²) in [6, 6.07) is 0.353. The zero-order valence-electron chi connectivity index (χ0n) is 16.4. The number of nitrogens with one attached hydrogen (secondary N) is 2. The summed E-state index contributed by atoms with van der Waals surface area (Å²) in [6.45, 7) is 8.30. The highest BCUT2D eigenvalue weighted by Gasteiger charge is 2.32. The molecule has 1 amide bonds. The number of anilines is 1. The number of carbonyl (C=O) groups excluding carboxylic acids is 3. The highest BCUT2D eigenvalue weighted by atomic mass is 32.1. The lowest BCUT2D eigenvalue weighted by molar-refractivity contribution is -0.155. The lowest BCUT2D eigenvalue weighted by atomic mass is 10.1. The van der Waals surface area contributed by atoms with Gasteiger partial charge in [-0.15, -0.1) is 11.3 Å². The fourth-order valence-electron chi connectivity index (χ4n) is 2.21. The van der Waals surface area contributed by atoms with Gasteiger partial charge in [0.15, 0.2) is 6.17 Å². The van der Waals surface area contributed by atoms with Crippen LogP contribution in [0.1, 0.15) is 49.4 Å². The number of alkyl halides is 1. The summed E-state index contributed by atoms with van der Waals surface area (Å²) < 4.78 is 24.1. The van der Waals surface area contributed by atoms with Crippen LogP contribution in [-0.2, 0) is 19.1 Å². The Morgan fingerprint density at radius 2 is 1.67 bits per heavy atom. The van der Waals surface area contributed by atoms with Crippen LogP contribution >= 0.6 is 11.3 Å². The van der Waals surface area contributed by atoms with E-state index in [0.29, 0.717) is 4.88 Å². The van der Waals surface area contributed by atoms with Crippen LogP contribution in [0.15, 0.2) is 6.07 Å². The predicted molar refractivity (Wildman–Crippen MR) is 102 cm³/mol. The lowest BCUT2D eigenvalue weighted by Crippen LogP contribution is -2.45. The molecule has 1 aromatic heterocycles. The van der Waals surface area contributed by atoms with Gasteiger partial charge < -0.3 is 20.1 Å². The van der Waals surface area contributed by atoms with E-state index in [9.17, 15) is 18.8 Å². The molecule has 0 spiro atoms. The molecule has 0 aromatic carbocycles. The fourth-order valence-corrected chi connectivity index (χ4v) is 3.14. The van der Waals surface area contributed by atoms with Crippen LogP contribution in [0.5, 0.6) is 0 Å². The minimum absolute atomic E-state index is 0.361. The number of esters is 2. The Bertz CT molecular complexity index is 675. The number of rotatable bonds is 9. The van der Waals surface area contributed by atoms with Crippen molar-refractivity contribution in [3.63, 3.8) is 0 Å². The van der Waals surface area contributed by atoms with Gasteiger partial charge in [-0.1, -0.05) is 0 Å². The van der Waals surface area contributed by atoms with E-state index in [2.05, 4.69) is 10.6 Å². The van der Waals surface area contributed by atoms with Gasteiger partial charge in [-0.05, 0) is 46.2 Å². The molecule has 7 nitrogen and oxygen atoms in total. The van der Waals surface area contributed by atoms with Crippen molar-refractivity contribution >= 4 is 34.2 Å². The Balaban J connectivity index is 2.91. The Hall–Kier alpha value is -2.16. The van der Waals surface area contributed by atoms with Gasteiger partial charge in [-0.25, -0.2) is 14.0 Å². The Morgan fingerprint density at radius 3 is 2.15 bits per heavy atom. The monoisotopic (exact) mass is 402 g/mol. The van der Waals surface area contributed by atoms with Crippen molar-refractivity contribution in [2.75, 3.05) is 12.4 Å². The number of ether oxygens (including phenoxy) is 2. The summed E-state index contributed by atoms with van der Waals surface area (Å²) in [5.41, 5.74) is 0.873. The predicted octanol–water partition coefficient (Wildman–Crippen LogP) is 2.83. The maximum atomic E-state index is 14.2. The summed E-state index contributed by atoms with van der Waals surface area (Å²) in [7, 11) is 1.73. The molecule has 0 aliphatic heterocycles. The first-order valence-electron chi connectivity index (χ1n) is 8.69. The molecule has 27 heavy (non-hydrogen) atoms. The largest absolute Gasteiger partial charge is 0.461 e. The molecule has 0 aliphatic carbocycles. The number of thiophene rings is 1. The van der Waals surface area contributed by atoms with E-state index >= 15 is 0 Å². The maximum Gasteiger partial charge on any atom is 0.341 e. The third-order valence-corrected chi connectivity index (χ3v) is 4.61. The number of aryl methyl sites for hydroxylation is 1. The van der Waals surface area contributed by atoms with Crippen LogP contribution in [-0.4, -0.2) is 49.3 Å². The molecule has 1 heterocycles. The number of hydrogen-bond donors (Lipinski definition) is 2. The summed E-state index contributed by atoms with van der Waals surface area (Å²) >= 11 is 1.21. The fraction of sp³-hybridized carbons (Fsp3) is 0.611. The molecule has 0 radical (unpaired) electrons. The molecule has 1 rings (SSSR count). The van der Waals surface area contributed by atoms with Crippen molar-refractivity contribution in [2.45, 2.75) is 65.5 Å². The molecule has 1 aromatic rings. The van der Waals surface area contributed by atoms with Crippen molar-refractivity contribution in [2.24, 2.45) is 0 Å². The number of hydrogen-bond acceptors (Lipinski definition) is 7. The van der Waals surface area contributed by atoms with Crippen molar-refractivity contribution < 1.29 is 28.2 Å². The molecule has 0 saturated heterocycles. The van der Waals surface area contributed by atoms with E-state index < -0.39 is 48.7 Å². The second-order valence-corrected chi connectivity index (χ2v) is 7.63. The second kappa shape index (κ2) is 10.2. The van der Waals surface area contributed by atoms with Gasteiger partial charge in [0.05, 0.1) is 22.1 Å². The van der Waals surface area contributed by atoms with Crippen molar-refractivity contribution in [1.82, 2.24) is 5.32 Å². The first-order valence-corrected chi connectivity index (χ1v) is 9.50. The SMILES string of the molecule is CNc1sc(C(=O)N[C@@H](C[C@H](F)C(=O)OC(C)C)C(=O)OC(C)C)cc1C. The van der Waals surface area contributed by atoms with Gasteiger partial charge in [-0.3, -0.25) is 4.79 Å². The summed E-state index contributed by atoms with van der Waals surface area (Å²) in [6.07, 6.45) is -3.56. The minimum Gasteiger partial charge on any atom is -0.461 e. The standard InChI is InChI=1S/C18H27FN2O5S/c1-9(2)25-17(23)12(19)8-13(18(24)26-10(3)4)21-15(22)14-7-11(5)16(20-6)27-14/h7,9-10,12-13,20H,8H2,1-6H3,(H,21,22)/t12-,13-/m0/s1. The molecule has 0 aliphatic rings. The summed E-state index contributed by atoms with van der Waals surface area (Å²) in [4.78, 5) is 36.8. The number of halogens is 1. The van der Waals surface area contributed by atoms with Crippen molar-refractivity contribution in [1.29, 1.82) is 0 Å². The molecular weight excluding hydrogens is 375 g/mol. The Labute approximate surface area is 162 Å². The maximum absolute atomic E-state index is 14.2. The van der Waals surface area contributed by atoms with Crippen LogP contribution in [0, 0.1) is 6.92 Å². The van der Waals surface area contributed by atoms with E-state index in [1.165, 1.54) is 11.3 Å². The molecule has 0 fully saturated rings. The third kappa shape index (κ3) is 7.16.